The smallest absolute Gasteiger partial charge is 0.191 e. The van der Waals surface area contributed by atoms with Crippen molar-refractivity contribution in [2.75, 3.05) is 31.1 Å². The lowest BCUT2D eigenvalue weighted by molar-refractivity contribution is 0.789. The Morgan fingerprint density at radius 2 is 2.04 bits per heavy atom. The van der Waals surface area contributed by atoms with E-state index in [0.29, 0.717) is 6.54 Å². The third-order valence-corrected chi connectivity index (χ3v) is 6.39. The van der Waals surface area contributed by atoms with E-state index in [9.17, 15) is 0 Å². The number of aliphatic imine (C=N–C) groups is 1. The highest BCUT2D eigenvalue weighted by Crippen LogP contribution is 2.24. The van der Waals surface area contributed by atoms with Gasteiger partial charge in [0.2, 0.25) is 0 Å². The fourth-order valence-electron chi connectivity index (χ4n) is 2.87. The highest BCUT2D eigenvalue weighted by atomic mass is 32.1. The van der Waals surface area contributed by atoms with Gasteiger partial charge in [-0.1, -0.05) is 0 Å². The van der Waals surface area contributed by atoms with Gasteiger partial charge in [0, 0.05) is 42.9 Å². The maximum atomic E-state index is 4.78. The molecule has 0 aliphatic carbocycles. The summed E-state index contributed by atoms with van der Waals surface area (Å²) in [5, 5.41) is 11.1. The van der Waals surface area contributed by atoms with Crippen molar-refractivity contribution in [2.24, 2.45) is 4.99 Å². The molecular weight excluding hydrogens is 364 g/mol. The van der Waals surface area contributed by atoms with E-state index in [2.05, 4.69) is 44.7 Å². The molecule has 0 atom stereocenters. The molecule has 3 heterocycles. The lowest BCUT2D eigenvalue weighted by Gasteiger charge is -2.12. The molecule has 0 amide bonds. The summed E-state index contributed by atoms with van der Waals surface area (Å²) in [6.45, 7) is 10.8. The van der Waals surface area contributed by atoms with Crippen LogP contribution in [-0.2, 0) is 13.0 Å². The minimum absolute atomic E-state index is 0.616. The van der Waals surface area contributed by atoms with Gasteiger partial charge in [-0.3, -0.25) is 0 Å². The van der Waals surface area contributed by atoms with E-state index in [-0.39, 0.29) is 0 Å². The molecule has 0 radical (unpaired) electrons. The quantitative estimate of drug-likeness (QED) is 0.560. The number of thiazole rings is 2. The van der Waals surface area contributed by atoms with Crippen molar-refractivity contribution in [3.8, 4) is 0 Å². The number of anilines is 1. The molecule has 1 saturated heterocycles. The molecule has 2 aromatic rings. The van der Waals surface area contributed by atoms with Crippen LogP contribution in [0.5, 0.6) is 0 Å². The lowest BCUT2D eigenvalue weighted by Crippen LogP contribution is -2.38. The number of hydrogen-bond acceptors (Lipinski definition) is 6. The van der Waals surface area contributed by atoms with Crippen LogP contribution in [0.2, 0.25) is 0 Å². The fraction of sp³-hybridized carbons (Fsp3) is 0.611. The first-order valence-corrected chi connectivity index (χ1v) is 11.0. The van der Waals surface area contributed by atoms with Gasteiger partial charge in [-0.2, -0.15) is 0 Å². The molecule has 142 valence electrons. The van der Waals surface area contributed by atoms with Crippen molar-refractivity contribution in [3.63, 3.8) is 0 Å². The molecular formula is C18H28N6S2. The van der Waals surface area contributed by atoms with Crippen LogP contribution in [0.4, 0.5) is 5.13 Å². The van der Waals surface area contributed by atoms with Crippen molar-refractivity contribution < 1.29 is 0 Å². The van der Waals surface area contributed by atoms with E-state index >= 15 is 0 Å². The molecule has 2 aromatic heterocycles. The first-order valence-electron chi connectivity index (χ1n) is 9.30. The summed E-state index contributed by atoms with van der Waals surface area (Å²) in [6, 6.07) is 0. The summed E-state index contributed by atoms with van der Waals surface area (Å²) in [4.78, 5) is 17.6. The number of guanidine groups is 1. The van der Waals surface area contributed by atoms with Crippen molar-refractivity contribution in [3.05, 3.63) is 26.7 Å². The topological polar surface area (TPSA) is 65.4 Å². The van der Waals surface area contributed by atoms with Gasteiger partial charge in [-0.05, 0) is 33.6 Å². The SMILES string of the molecule is CCNC(=NCc1nc(C)c(C)s1)NCCc1csc(N2CCCC2)n1. The zero-order valence-electron chi connectivity index (χ0n) is 15.8. The van der Waals surface area contributed by atoms with Crippen LogP contribution in [0.1, 0.15) is 41.0 Å². The lowest BCUT2D eigenvalue weighted by atomic mass is 10.3. The Bertz CT molecular complexity index is 710. The molecule has 26 heavy (non-hydrogen) atoms. The molecule has 0 bridgehead atoms. The average Bonchev–Trinajstić information content (AvgIpc) is 3.35. The number of nitrogens with one attached hydrogen (secondary N) is 2. The molecule has 0 spiro atoms. The minimum atomic E-state index is 0.616. The molecule has 0 aromatic carbocycles. The molecule has 1 aliphatic heterocycles. The second-order valence-corrected chi connectivity index (χ2v) is 8.56. The number of aryl methyl sites for hydroxylation is 2. The van der Waals surface area contributed by atoms with Crippen LogP contribution in [0, 0.1) is 13.8 Å². The summed E-state index contributed by atoms with van der Waals surface area (Å²) in [7, 11) is 0. The predicted octanol–water partition coefficient (Wildman–Crippen LogP) is 3.11. The van der Waals surface area contributed by atoms with E-state index < -0.39 is 0 Å². The van der Waals surface area contributed by atoms with E-state index in [0.717, 1.165) is 55.0 Å². The largest absolute Gasteiger partial charge is 0.357 e. The molecule has 2 N–H and O–H groups in total. The maximum absolute atomic E-state index is 4.78. The summed E-state index contributed by atoms with van der Waals surface area (Å²) in [6.07, 6.45) is 3.48. The van der Waals surface area contributed by atoms with Gasteiger partial charge in [0.05, 0.1) is 17.9 Å². The first kappa shape index (κ1) is 19.1. The Kier molecular flexibility index (Phi) is 6.85. The Morgan fingerprint density at radius 1 is 1.23 bits per heavy atom. The highest BCUT2D eigenvalue weighted by Gasteiger charge is 2.15. The minimum Gasteiger partial charge on any atom is -0.357 e. The van der Waals surface area contributed by atoms with Crippen molar-refractivity contribution in [1.29, 1.82) is 0 Å². The second-order valence-electron chi connectivity index (χ2n) is 6.44. The number of nitrogens with zero attached hydrogens (tertiary/aromatic N) is 4. The summed E-state index contributed by atoms with van der Waals surface area (Å²) in [5.41, 5.74) is 2.27. The standard InChI is InChI=1S/C18H28N6S2/c1-4-19-17(21-11-16-22-13(2)14(3)26-16)20-8-7-15-12-25-18(23-15)24-9-5-6-10-24/h12H,4-11H2,1-3H3,(H2,19,20,21). The number of hydrogen-bond donors (Lipinski definition) is 2. The van der Waals surface area contributed by atoms with E-state index in [1.807, 2.05) is 6.92 Å². The van der Waals surface area contributed by atoms with Crippen LogP contribution in [0.25, 0.3) is 0 Å². The fourth-order valence-corrected chi connectivity index (χ4v) is 4.64. The van der Waals surface area contributed by atoms with Gasteiger partial charge in [0.25, 0.3) is 0 Å². The Morgan fingerprint density at radius 3 is 2.73 bits per heavy atom. The Balaban J connectivity index is 1.49. The van der Waals surface area contributed by atoms with Crippen LogP contribution in [0.15, 0.2) is 10.4 Å². The summed E-state index contributed by atoms with van der Waals surface area (Å²) in [5.74, 6) is 0.841. The Hall–Kier alpha value is -1.67. The molecule has 3 rings (SSSR count). The van der Waals surface area contributed by atoms with Crippen molar-refractivity contribution in [2.45, 2.75) is 46.6 Å². The second kappa shape index (κ2) is 9.32. The van der Waals surface area contributed by atoms with Crippen LogP contribution in [0.3, 0.4) is 0 Å². The molecule has 0 saturated carbocycles. The first-order chi connectivity index (χ1) is 12.7. The van der Waals surface area contributed by atoms with Gasteiger partial charge < -0.3 is 15.5 Å². The van der Waals surface area contributed by atoms with Crippen molar-refractivity contribution >= 4 is 33.8 Å². The number of aromatic nitrogens is 2. The van der Waals surface area contributed by atoms with Gasteiger partial charge in [0.15, 0.2) is 11.1 Å². The zero-order chi connectivity index (χ0) is 18.4. The van der Waals surface area contributed by atoms with E-state index in [1.54, 1.807) is 22.7 Å². The van der Waals surface area contributed by atoms with Crippen LogP contribution in [-0.4, -0.2) is 42.1 Å². The highest BCUT2D eigenvalue weighted by molar-refractivity contribution is 7.13. The van der Waals surface area contributed by atoms with Crippen molar-refractivity contribution in [1.82, 2.24) is 20.6 Å². The third-order valence-electron chi connectivity index (χ3n) is 4.38. The predicted molar refractivity (Wildman–Crippen MR) is 112 cm³/mol. The molecule has 0 unspecified atom stereocenters. The third kappa shape index (κ3) is 5.17. The van der Waals surface area contributed by atoms with Gasteiger partial charge >= 0.3 is 0 Å². The van der Waals surface area contributed by atoms with Gasteiger partial charge in [-0.25, -0.2) is 15.0 Å². The summed E-state index contributed by atoms with van der Waals surface area (Å²) >= 11 is 3.48. The normalized spacial score (nSPS) is 14.9. The zero-order valence-corrected chi connectivity index (χ0v) is 17.5. The molecule has 1 fully saturated rings. The maximum Gasteiger partial charge on any atom is 0.191 e. The average molecular weight is 393 g/mol. The van der Waals surface area contributed by atoms with Gasteiger partial charge in [0.1, 0.15) is 5.01 Å². The molecule has 8 heteroatoms. The van der Waals surface area contributed by atoms with E-state index in [1.165, 1.54) is 22.9 Å². The molecule has 6 nitrogen and oxygen atoms in total. The molecule has 1 aliphatic rings. The Labute approximate surface area is 163 Å². The van der Waals surface area contributed by atoms with Gasteiger partial charge in [-0.15, -0.1) is 22.7 Å². The van der Waals surface area contributed by atoms with E-state index in [4.69, 9.17) is 4.98 Å². The van der Waals surface area contributed by atoms with Crippen LogP contribution >= 0.6 is 22.7 Å². The number of rotatable bonds is 7. The summed E-state index contributed by atoms with van der Waals surface area (Å²) < 4.78 is 0. The van der Waals surface area contributed by atoms with Crippen LogP contribution < -0.4 is 15.5 Å². The monoisotopic (exact) mass is 392 g/mol.